The van der Waals surface area contributed by atoms with Gasteiger partial charge in [0.05, 0.1) is 18.6 Å². The molecule has 2 unspecified atom stereocenters. The van der Waals surface area contributed by atoms with Crippen LogP contribution in [0.5, 0.6) is 0 Å². The molecule has 2 aliphatic rings. The molecule has 168 valence electrons. The smallest absolute Gasteiger partial charge is 0.226 e. The topological polar surface area (TPSA) is 72.3 Å². The second kappa shape index (κ2) is 9.49. The maximum atomic E-state index is 12.7. The molecule has 0 spiro atoms. The summed E-state index contributed by atoms with van der Waals surface area (Å²) >= 11 is 0. The van der Waals surface area contributed by atoms with Crippen molar-refractivity contribution in [2.75, 3.05) is 26.3 Å². The van der Waals surface area contributed by atoms with Gasteiger partial charge in [0.25, 0.3) is 0 Å². The SMILES string of the molecule is Cc1ccc(C)c(CN2CCc3nnc(C(NC(=O)C4CCOC4)C(C)C)n3CC2)c1. The van der Waals surface area contributed by atoms with E-state index in [9.17, 15) is 4.79 Å². The van der Waals surface area contributed by atoms with Gasteiger partial charge in [-0.1, -0.05) is 37.6 Å². The van der Waals surface area contributed by atoms with Crippen LogP contribution in [0.1, 0.15) is 54.6 Å². The van der Waals surface area contributed by atoms with Crippen molar-refractivity contribution in [3.8, 4) is 0 Å². The number of hydrogen-bond acceptors (Lipinski definition) is 5. The predicted molar refractivity (Wildman–Crippen MR) is 120 cm³/mol. The summed E-state index contributed by atoms with van der Waals surface area (Å²) in [6, 6.07) is 6.54. The first kappa shape index (κ1) is 22.0. The fourth-order valence-electron chi connectivity index (χ4n) is 4.53. The lowest BCUT2D eigenvalue weighted by atomic mass is 10.0. The van der Waals surface area contributed by atoms with Gasteiger partial charge in [0, 0.05) is 39.2 Å². The molecule has 3 heterocycles. The minimum absolute atomic E-state index is 0.0548. The van der Waals surface area contributed by atoms with Crippen LogP contribution in [0.2, 0.25) is 0 Å². The Balaban J connectivity index is 1.47. The monoisotopic (exact) mass is 425 g/mol. The average molecular weight is 426 g/mol. The number of benzene rings is 1. The lowest BCUT2D eigenvalue weighted by Crippen LogP contribution is -2.38. The highest BCUT2D eigenvalue weighted by Crippen LogP contribution is 2.25. The van der Waals surface area contributed by atoms with Crippen molar-refractivity contribution in [1.82, 2.24) is 25.0 Å². The molecule has 1 N–H and O–H groups in total. The van der Waals surface area contributed by atoms with Crippen molar-refractivity contribution in [1.29, 1.82) is 0 Å². The highest BCUT2D eigenvalue weighted by Gasteiger charge is 2.31. The first-order valence-corrected chi connectivity index (χ1v) is 11.5. The minimum atomic E-state index is -0.139. The van der Waals surface area contributed by atoms with Gasteiger partial charge in [0.1, 0.15) is 5.82 Å². The molecule has 7 heteroatoms. The zero-order valence-corrected chi connectivity index (χ0v) is 19.2. The summed E-state index contributed by atoms with van der Waals surface area (Å²) in [6.45, 7) is 13.5. The highest BCUT2D eigenvalue weighted by molar-refractivity contribution is 5.79. The van der Waals surface area contributed by atoms with Gasteiger partial charge in [-0.3, -0.25) is 9.69 Å². The van der Waals surface area contributed by atoms with Crippen molar-refractivity contribution >= 4 is 5.91 Å². The quantitative estimate of drug-likeness (QED) is 0.771. The molecule has 0 saturated carbocycles. The molecule has 2 aliphatic heterocycles. The van der Waals surface area contributed by atoms with E-state index in [0.29, 0.717) is 13.2 Å². The third kappa shape index (κ3) is 4.99. The van der Waals surface area contributed by atoms with Gasteiger partial charge >= 0.3 is 0 Å². The van der Waals surface area contributed by atoms with Crippen LogP contribution in [0.25, 0.3) is 0 Å². The molecule has 31 heavy (non-hydrogen) atoms. The lowest BCUT2D eigenvalue weighted by molar-refractivity contribution is -0.126. The van der Waals surface area contributed by atoms with E-state index in [0.717, 1.165) is 50.7 Å². The van der Waals surface area contributed by atoms with Gasteiger partial charge in [0.15, 0.2) is 5.82 Å². The average Bonchev–Trinajstić information content (AvgIpc) is 3.37. The Bertz CT molecular complexity index is 917. The number of aromatic nitrogens is 3. The number of nitrogens with zero attached hydrogens (tertiary/aromatic N) is 4. The van der Waals surface area contributed by atoms with E-state index in [1.807, 2.05) is 0 Å². The number of rotatable bonds is 6. The van der Waals surface area contributed by atoms with E-state index in [4.69, 9.17) is 4.74 Å². The summed E-state index contributed by atoms with van der Waals surface area (Å²) in [5, 5.41) is 12.3. The second-order valence-corrected chi connectivity index (χ2v) is 9.37. The van der Waals surface area contributed by atoms with E-state index in [1.165, 1.54) is 16.7 Å². The van der Waals surface area contributed by atoms with E-state index in [1.54, 1.807) is 0 Å². The number of ether oxygens (including phenoxy) is 1. The van der Waals surface area contributed by atoms with Crippen molar-refractivity contribution in [3.63, 3.8) is 0 Å². The Morgan fingerprint density at radius 2 is 2.06 bits per heavy atom. The number of carbonyl (C=O) groups is 1. The van der Waals surface area contributed by atoms with Crippen LogP contribution in [0.4, 0.5) is 0 Å². The lowest BCUT2D eigenvalue weighted by Gasteiger charge is -2.24. The van der Waals surface area contributed by atoms with Crippen LogP contribution in [0.15, 0.2) is 18.2 Å². The van der Waals surface area contributed by atoms with Crippen molar-refractivity contribution in [2.24, 2.45) is 11.8 Å². The Kier molecular flexibility index (Phi) is 6.72. The first-order chi connectivity index (χ1) is 14.9. The Labute approximate surface area is 185 Å². The minimum Gasteiger partial charge on any atom is -0.381 e. The maximum absolute atomic E-state index is 12.7. The van der Waals surface area contributed by atoms with Crippen LogP contribution in [-0.4, -0.2) is 51.9 Å². The van der Waals surface area contributed by atoms with Gasteiger partial charge < -0.3 is 14.6 Å². The number of amides is 1. The molecule has 2 aromatic rings. The molecule has 0 bridgehead atoms. The maximum Gasteiger partial charge on any atom is 0.226 e. The normalized spacial score (nSPS) is 20.5. The number of fused-ring (bicyclic) bond motifs is 1. The zero-order valence-electron chi connectivity index (χ0n) is 19.2. The molecule has 2 atom stereocenters. The molecule has 0 aliphatic carbocycles. The molecule has 1 saturated heterocycles. The molecule has 1 aromatic carbocycles. The largest absolute Gasteiger partial charge is 0.381 e. The van der Waals surface area contributed by atoms with E-state index >= 15 is 0 Å². The Hall–Kier alpha value is -2.25. The van der Waals surface area contributed by atoms with Crippen molar-refractivity contribution in [3.05, 3.63) is 46.5 Å². The summed E-state index contributed by atoms with van der Waals surface area (Å²) in [5.41, 5.74) is 4.04. The summed E-state index contributed by atoms with van der Waals surface area (Å²) in [4.78, 5) is 15.2. The standard InChI is InChI=1S/C24H35N5O2/c1-16(2)22(25-24(30)19-8-12-31-15-19)23-27-26-21-7-9-28(10-11-29(21)23)14-20-13-17(3)5-6-18(20)4/h5-6,13,16,19,22H,7-12,14-15H2,1-4H3,(H,25,30). The molecule has 1 fully saturated rings. The van der Waals surface area contributed by atoms with E-state index in [2.05, 4.69) is 70.9 Å². The molecule has 0 radical (unpaired) electrons. The number of aryl methyl sites for hydroxylation is 2. The number of hydrogen-bond donors (Lipinski definition) is 1. The van der Waals surface area contributed by atoms with Gasteiger partial charge in [-0.15, -0.1) is 10.2 Å². The molecular weight excluding hydrogens is 390 g/mol. The van der Waals surface area contributed by atoms with Crippen LogP contribution < -0.4 is 5.32 Å². The van der Waals surface area contributed by atoms with Gasteiger partial charge in [-0.05, 0) is 37.3 Å². The van der Waals surface area contributed by atoms with Crippen LogP contribution >= 0.6 is 0 Å². The summed E-state index contributed by atoms with van der Waals surface area (Å²) < 4.78 is 7.63. The summed E-state index contributed by atoms with van der Waals surface area (Å²) in [7, 11) is 0. The van der Waals surface area contributed by atoms with E-state index < -0.39 is 0 Å². The Morgan fingerprint density at radius 3 is 2.81 bits per heavy atom. The molecule has 7 nitrogen and oxygen atoms in total. The number of carbonyl (C=O) groups excluding carboxylic acids is 1. The molecule has 1 aromatic heterocycles. The highest BCUT2D eigenvalue weighted by atomic mass is 16.5. The van der Waals surface area contributed by atoms with E-state index in [-0.39, 0.29) is 23.8 Å². The zero-order chi connectivity index (χ0) is 22.0. The molecule has 1 amide bonds. The van der Waals surface area contributed by atoms with Crippen LogP contribution in [0.3, 0.4) is 0 Å². The van der Waals surface area contributed by atoms with Crippen LogP contribution in [0, 0.1) is 25.7 Å². The van der Waals surface area contributed by atoms with Crippen LogP contribution in [-0.2, 0) is 29.0 Å². The fourth-order valence-corrected chi connectivity index (χ4v) is 4.53. The predicted octanol–water partition coefficient (Wildman–Crippen LogP) is 2.80. The Morgan fingerprint density at radius 1 is 1.23 bits per heavy atom. The van der Waals surface area contributed by atoms with Crippen molar-refractivity contribution in [2.45, 2.75) is 59.7 Å². The van der Waals surface area contributed by atoms with Gasteiger partial charge in [-0.25, -0.2) is 0 Å². The summed E-state index contributed by atoms with van der Waals surface area (Å²) in [6.07, 6.45) is 1.66. The first-order valence-electron chi connectivity index (χ1n) is 11.5. The number of nitrogens with one attached hydrogen (secondary N) is 1. The van der Waals surface area contributed by atoms with Crippen molar-refractivity contribution < 1.29 is 9.53 Å². The fraction of sp³-hybridized carbons (Fsp3) is 0.625. The van der Waals surface area contributed by atoms with Gasteiger partial charge in [0.2, 0.25) is 5.91 Å². The molecular formula is C24H35N5O2. The summed E-state index contributed by atoms with van der Waals surface area (Å²) in [5.74, 6) is 2.14. The third-order valence-electron chi connectivity index (χ3n) is 6.59. The van der Waals surface area contributed by atoms with Gasteiger partial charge in [-0.2, -0.15) is 0 Å². The third-order valence-corrected chi connectivity index (χ3v) is 6.59. The molecule has 4 rings (SSSR count). The second-order valence-electron chi connectivity index (χ2n) is 9.37.